The fourth-order valence-electron chi connectivity index (χ4n) is 1.90. The number of hydrogen-bond acceptors (Lipinski definition) is 3. The van der Waals surface area contributed by atoms with Crippen molar-refractivity contribution in [3.8, 4) is 0 Å². The smallest absolute Gasteiger partial charge is 0.308 e. The van der Waals surface area contributed by atoms with Crippen molar-refractivity contribution in [2.45, 2.75) is 30.4 Å². The van der Waals surface area contributed by atoms with Crippen molar-refractivity contribution in [2.75, 3.05) is 16.1 Å². The van der Waals surface area contributed by atoms with Crippen LogP contribution in [-0.2, 0) is 0 Å². The highest BCUT2D eigenvalue weighted by atomic mass is 32.2. The molecule has 0 aliphatic carbocycles. The van der Waals surface area contributed by atoms with Gasteiger partial charge in [-0.15, -0.1) is 11.8 Å². The lowest BCUT2D eigenvalue weighted by molar-refractivity contribution is -0.325. The molecule has 0 saturated heterocycles. The van der Waals surface area contributed by atoms with Gasteiger partial charge in [0.1, 0.15) is 0 Å². The molecule has 0 saturated carbocycles. The highest BCUT2D eigenvalue weighted by Crippen LogP contribution is 2.26. The van der Waals surface area contributed by atoms with Crippen molar-refractivity contribution in [1.82, 2.24) is 0 Å². The van der Waals surface area contributed by atoms with Crippen LogP contribution >= 0.6 is 11.8 Å². The first-order valence-corrected chi connectivity index (χ1v) is 8.46. The van der Waals surface area contributed by atoms with E-state index in [0.29, 0.717) is 5.25 Å². The summed E-state index contributed by atoms with van der Waals surface area (Å²) >= 11 is 1.84. The van der Waals surface area contributed by atoms with Crippen molar-refractivity contribution < 1.29 is 10.6 Å². The average Bonchev–Trinajstić information content (AvgIpc) is 2.57. The van der Waals surface area contributed by atoms with Crippen LogP contribution in [0.2, 0.25) is 0 Å². The van der Waals surface area contributed by atoms with Crippen molar-refractivity contribution in [3.05, 3.63) is 48.5 Å². The van der Waals surface area contributed by atoms with Crippen LogP contribution in [0.25, 0.3) is 0 Å². The Bertz CT molecular complexity index is 628. The van der Waals surface area contributed by atoms with E-state index in [1.807, 2.05) is 60.3 Å². The monoisotopic (exact) mass is 331 g/mol. The zero-order valence-corrected chi connectivity index (χ0v) is 14.2. The van der Waals surface area contributed by atoms with Gasteiger partial charge in [-0.25, -0.2) is 10.2 Å². The first-order chi connectivity index (χ1) is 11.1. The number of quaternary nitrogens is 1. The molecule has 2 aromatic carbocycles. The Kier molecular flexibility index (Phi) is 6.31. The molecule has 1 atom stereocenters. The molecule has 0 aliphatic rings. The maximum Gasteiger partial charge on any atom is 0.323 e. The van der Waals surface area contributed by atoms with Crippen LogP contribution in [0.15, 0.2) is 53.4 Å². The summed E-state index contributed by atoms with van der Waals surface area (Å²) in [5, 5.41) is 6.21. The van der Waals surface area contributed by atoms with E-state index in [0.717, 1.165) is 23.5 Å². The van der Waals surface area contributed by atoms with Crippen LogP contribution in [-0.4, -0.2) is 11.3 Å². The lowest BCUT2D eigenvalue weighted by Crippen LogP contribution is -2.56. The van der Waals surface area contributed by atoms with Gasteiger partial charge in [0, 0.05) is 21.5 Å². The van der Waals surface area contributed by atoms with Crippen LogP contribution in [0.5, 0.6) is 0 Å². The third kappa shape index (κ3) is 5.50. The number of urea groups is 1. The molecule has 0 spiro atoms. The molecule has 0 radical (unpaired) electrons. The molecule has 2 rings (SSSR count). The summed E-state index contributed by atoms with van der Waals surface area (Å²) in [5.41, 5.74) is 5.18. The number of benzene rings is 2. The second-order valence-electron chi connectivity index (χ2n) is 5.19. The van der Waals surface area contributed by atoms with E-state index in [1.165, 1.54) is 4.90 Å². The van der Waals surface area contributed by atoms with E-state index < -0.39 is 0 Å². The third-order valence-corrected chi connectivity index (χ3v) is 4.65. The summed E-state index contributed by atoms with van der Waals surface area (Å²) < 4.78 is 0. The standard InChI is InChI=1S/C17H22N4OS/c1-3-12(2)23-16-10-8-14(9-11-16)20-17(22)19-13-4-6-15(21-18)7-5-13/h4-12,21H,3,18H2,1-2H3,(H2,19,20,22)/p+1. The second-order valence-corrected chi connectivity index (χ2v) is 6.71. The topological polar surface area (TPSA) is 80.8 Å². The third-order valence-electron chi connectivity index (χ3n) is 3.37. The Morgan fingerprint density at radius 3 is 1.96 bits per heavy atom. The van der Waals surface area contributed by atoms with Crippen LogP contribution in [0.1, 0.15) is 20.3 Å². The number of nitrogens with one attached hydrogen (secondary N) is 3. The summed E-state index contributed by atoms with van der Waals surface area (Å²) in [6.07, 6.45) is 1.13. The number of thioether (sulfide) groups is 1. The molecule has 6 N–H and O–H groups in total. The Labute approximate surface area is 141 Å². The van der Waals surface area contributed by atoms with Gasteiger partial charge in [0.2, 0.25) is 0 Å². The van der Waals surface area contributed by atoms with Gasteiger partial charge in [0.25, 0.3) is 0 Å². The highest BCUT2D eigenvalue weighted by molar-refractivity contribution is 7.99. The fraction of sp³-hybridized carbons (Fsp3) is 0.235. The SMILES string of the molecule is CCC(C)Sc1ccc(NC(=O)Nc2ccc(N[NH3+])cc2)cc1. The van der Waals surface area contributed by atoms with E-state index >= 15 is 0 Å². The molecule has 2 aromatic rings. The minimum Gasteiger partial charge on any atom is -0.308 e. The molecule has 122 valence electrons. The largest absolute Gasteiger partial charge is 0.323 e. The van der Waals surface area contributed by atoms with E-state index in [2.05, 4.69) is 35.7 Å². The zero-order chi connectivity index (χ0) is 16.7. The lowest BCUT2D eigenvalue weighted by atomic mass is 10.3. The van der Waals surface area contributed by atoms with Crippen LogP contribution < -0.4 is 21.9 Å². The summed E-state index contributed by atoms with van der Waals surface area (Å²) in [4.78, 5) is 13.2. The van der Waals surface area contributed by atoms with Crippen LogP contribution in [0, 0.1) is 0 Å². The van der Waals surface area contributed by atoms with Gasteiger partial charge in [-0.2, -0.15) is 0 Å². The predicted molar refractivity (Wildman–Crippen MR) is 97.6 cm³/mol. The molecular weight excluding hydrogens is 308 g/mol. The van der Waals surface area contributed by atoms with Crippen LogP contribution in [0.3, 0.4) is 0 Å². The number of anilines is 3. The normalized spacial score (nSPS) is 11.6. The molecule has 0 bridgehead atoms. The van der Waals surface area contributed by atoms with Gasteiger partial charge in [-0.3, -0.25) is 5.84 Å². The Balaban J connectivity index is 1.89. The van der Waals surface area contributed by atoms with Gasteiger partial charge >= 0.3 is 6.03 Å². The molecule has 0 heterocycles. The van der Waals surface area contributed by atoms with Crippen molar-refractivity contribution in [1.29, 1.82) is 0 Å². The maximum atomic E-state index is 12.0. The molecule has 6 heteroatoms. The second kappa shape index (κ2) is 8.45. The van der Waals surface area contributed by atoms with Crippen molar-refractivity contribution in [2.24, 2.45) is 0 Å². The number of hydrogen-bond donors (Lipinski definition) is 4. The molecule has 2 amide bonds. The molecule has 0 fully saturated rings. The maximum absolute atomic E-state index is 12.0. The average molecular weight is 331 g/mol. The number of rotatable bonds is 6. The van der Waals surface area contributed by atoms with E-state index in [-0.39, 0.29) is 6.03 Å². The van der Waals surface area contributed by atoms with Gasteiger partial charge in [0.05, 0.1) is 5.69 Å². The summed E-state index contributed by atoms with van der Waals surface area (Å²) in [6.45, 7) is 4.39. The summed E-state index contributed by atoms with van der Waals surface area (Å²) in [7, 11) is 0. The quantitative estimate of drug-likeness (QED) is 0.480. The van der Waals surface area contributed by atoms with Crippen LogP contribution in [0.4, 0.5) is 21.9 Å². The Morgan fingerprint density at radius 1 is 1.00 bits per heavy atom. The molecular formula is C17H23N4OS+. The first kappa shape index (κ1) is 17.2. The Morgan fingerprint density at radius 2 is 1.48 bits per heavy atom. The molecule has 0 aliphatic heterocycles. The number of carbonyl (C=O) groups is 1. The van der Waals surface area contributed by atoms with Gasteiger partial charge in [0.15, 0.2) is 0 Å². The first-order valence-electron chi connectivity index (χ1n) is 7.58. The van der Waals surface area contributed by atoms with Gasteiger partial charge < -0.3 is 10.6 Å². The fourth-order valence-corrected chi connectivity index (χ4v) is 2.82. The molecule has 0 aromatic heterocycles. The van der Waals surface area contributed by atoms with Crippen molar-refractivity contribution in [3.63, 3.8) is 0 Å². The highest BCUT2D eigenvalue weighted by Gasteiger charge is 2.05. The van der Waals surface area contributed by atoms with Crippen molar-refractivity contribution >= 4 is 34.9 Å². The minimum atomic E-state index is -0.261. The van der Waals surface area contributed by atoms with E-state index in [4.69, 9.17) is 0 Å². The van der Waals surface area contributed by atoms with Gasteiger partial charge in [-0.05, 0) is 55.0 Å². The minimum absolute atomic E-state index is 0.261. The number of amides is 2. The number of carbonyl (C=O) groups excluding carboxylic acids is 1. The zero-order valence-electron chi connectivity index (χ0n) is 13.4. The molecule has 23 heavy (non-hydrogen) atoms. The summed E-state index contributed by atoms with van der Waals surface area (Å²) in [6, 6.07) is 15.0. The predicted octanol–water partition coefficient (Wildman–Crippen LogP) is 3.79. The van der Waals surface area contributed by atoms with E-state index in [9.17, 15) is 4.79 Å². The lowest BCUT2D eigenvalue weighted by Gasteiger charge is -2.10. The molecule has 5 nitrogen and oxygen atoms in total. The molecule has 1 unspecified atom stereocenters. The Hall–Kier alpha value is -2.18. The van der Waals surface area contributed by atoms with Gasteiger partial charge in [-0.1, -0.05) is 13.8 Å². The summed E-state index contributed by atoms with van der Waals surface area (Å²) in [5.74, 6) is 3.58. The van der Waals surface area contributed by atoms with E-state index in [1.54, 1.807) is 0 Å².